The second-order valence-electron chi connectivity index (χ2n) is 8.65. The number of nitrogens with two attached hydrogens (primary N) is 1. The van der Waals surface area contributed by atoms with Crippen LogP contribution in [0.5, 0.6) is 0 Å². The van der Waals surface area contributed by atoms with Gasteiger partial charge in [-0.1, -0.05) is 54.6 Å². The number of hydrogen-bond acceptors (Lipinski definition) is 4. The Morgan fingerprint density at radius 1 is 0.968 bits per heavy atom. The van der Waals surface area contributed by atoms with E-state index in [0.29, 0.717) is 5.70 Å². The van der Waals surface area contributed by atoms with Gasteiger partial charge in [0.25, 0.3) is 5.91 Å². The van der Waals surface area contributed by atoms with Gasteiger partial charge in [0, 0.05) is 18.3 Å². The lowest BCUT2D eigenvalue weighted by Crippen LogP contribution is -2.39. The Kier molecular flexibility index (Phi) is 3.80. The Bertz CT molecular complexity index is 1210. The standard InChI is InChI=1S/C26H24N4O/c1-29-25(31)24-16-22(18-5-3-2-4-6-18)28-30(24)23-15-19(17-7-10-20(27)11-8-17)9-12-21(23)26(29)13-14-26/h2-12,15-16,22,28H,13-14,27H2,1H3. The Morgan fingerprint density at radius 2 is 1.68 bits per heavy atom. The second kappa shape index (κ2) is 6.46. The van der Waals surface area contributed by atoms with Gasteiger partial charge in [0.05, 0.1) is 17.3 Å². The van der Waals surface area contributed by atoms with Crippen LogP contribution < -0.4 is 16.2 Å². The SMILES string of the molecule is CN1C(=O)C2=CC(c3ccccc3)NN2c2cc(-c3ccc(N)cc3)ccc2C12CC2. The molecule has 0 saturated heterocycles. The third-order valence-corrected chi connectivity index (χ3v) is 6.87. The van der Waals surface area contributed by atoms with Crippen LogP contribution in [0.4, 0.5) is 11.4 Å². The minimum atomic E-state index is -0.207. The fraction of sp³-hybridized carbons (Fsp3) is 0.192. The van der Waals surface area contributed by atoms with Crippen LogP contribution in [-0.4, -0.2) is 17.9 Å². The molecule has 1 saturated carbocycles. The number of hydrogen-bond donors (Lipinski definition) is 2. The maximum Gasteiger partial charge on any atom is 0.272 e. The first kappa shape index (κ1) is 18.2. The van der Waals surface area contributed by atoms with Gasteiger partial charge in [-0.05, 0) is 53.8 Å². The van der Waals surface area contributed by atoms with Crippen LogP contribution in [0, 0.1) is 0 Å². The molecule has 0 radical (unpaired) electrons. The molecule has 1 amide bonds. The Labute approximate surface area is 181 Å². The number of nitrogens with one attached hydrogen (secondary N) is 1. The van der Waals surface area contributed by atoms with Crippen molar-refractivity contribution in [3.8, 4) is 11.1 Å². The van der Waals surface area contributed by atoms with Gasteiger partial charge < -0.3 is 10.6 Å². The minimum absolute atomic E-state index is 0.0465. The van der Waals surface area contributed by atoms with Gasteiger partial charge in [-0.25, -0.2) is 5.43 Å². The molecule has 154 valence electrons. The number of benzene rings is 3. The number of likely N-dealkylation sites (N-methyl/N-ethyl adjacent to an activating group) is 1. The van der Waals surface area contributed by atoms with Crippen LogP contribution in [0.15, 0.2) is 84.6 Å². The summed E-state index contributed by atoms with van der Waals surface area (Å²) in [5, 5.41) is 2.00. The number of fused-ring (bicyclic) bond motifs is 4. The summed E-state index contributed by atoms with van der Waals surface area (Å²) in [6.07, 6.45) is 4.04. The van der Waals surface area contributed by atoms with E-state index < -0.39 is 0 Å². The fourth-order valence-electron chi connectivity index (χ4n) is 4.91. The van der Waals surface area contributed by atoms with E-state index in [2.05, 4.69) is 41.8 Å². The highest BCUT2D eigenvalue weighted by atomic mass is 16.2. The molecule has 0 aromatic heterocycles. The van der Waals surface area contributed by atoms with Gasteiger partial charge in [-0.3, -0.25) is 9.80 Å². The number of nitrogens with zero attached hydrogens (tertiary/aromatic N) is 2. The Morgan fingerprint density at radius 3 is 2.39 bits per heavy atom. The van der Waals surface area contributed by atoms with E-state index >= 15 is 0 Å². The molecule has 3 aromatic carbocycles. The monoisotopic (exact) mass is 408 g/mol. The number of amides is 1. The van der Waals surface area contributed by atoms with Crippen LogP contribution in [0.1, 0.15) is 30.0 Å². The molecule has 3 aromatic rings. The van der Waals surface area contributed by atoms with Gasteiger partial charge in [0.2, 0.25) is 0 Å². The summed E-state index contributed by atoms with van der Waals surface area (Å²) >= 11 is 0. The average Bonchev–Trinajstić information content (AvgIpc) is 3.50. The van der Waals surface area contributed by atoms with Gasteiger partial charge >= 0.3 is 0 Å². The first-order chi connectivity index (χ1) is 15.1. The molecule has 2 heterocycles. The van der Waals surface area contributed by atoms with Crippen molar-refractivity contribution in [1.29, 1.82) is 0 Å². The zero-order valence-corrected chi connectivity index (χ0v) is 17.4. The van der Waals surface area contributed by atoms with Crippen molar-refractivity contribution < 1.29 is 4.79 Å². The fourth-order valence-corrected chi connectivity index (χ4v) is 4.91. The van der Waals surface area contributed by atoms with E-state index in [1.807, 2.05) is 59.4 Å². The number of nitrogen functional groups attached to an aromatic ring is 1. The number of hydrazine groups is 1. The molecule has 1 spiro atoms. The summed E-state index contributed by atoms with van der Waals surface area (Å²) in [4.78, 5) is 15.4. The number of rotatable bonds is 2. The summed E-state index contributed by atoms with van der Waals surface area (Å²) in [7, 11) is 1.94. The number of anilines is 2. The summed E-state index contributed by atoms with van der Waals surface area (Å²) in [6, 6.07) is 24.7. The molecule has 2 aliphatic heterocycles. The zero-order chi connectivity index (χ0) is 21.2. The zero-order valence-electron chi connectivity index (χ0n) is 17.4. The first-order valence-corrected chi connectivity index (χ1v) is 10.7. The predicted molar refractivity (Wildman–Crippen MR) is 123 cm³/mol. The smallest absolute Gasteiger partial charge is 0.272 e. The van der Waals surface area contributed by atoms with Gasteiger partial charge in [-0.2, -0.15) is 0 Å². The van der Waals surface area contributed by atoms with Crippen LogP contribution in [0.3, 0.4) is 0 Å². The molecule has 31 heavy (non-hydrogen) atoms. The van der Waals surface area contributed by atoms with E-state index in [4.69, 9.17) is 5.73 Å². The maximum absolute atomic E-state index is 13.5. The maximum atomic E-state index is 13.5. The van der Waals surface area contributed by atoms with Crippen molar-refractivity contribution >= 4 is 17.3 Å². The minimum Gasteiger partial charge on any atom is -0.399 e. The Hall–Kier alpha value is -3.57. The van der Waals surface area contributed by atoms with Gasteiger partial charge in [-0.15, -0.1) is 0 Å². The molecule has 1 unspecified atom stereocenters. The van der Waals surface area contributed by atoms with Gasteiger partial charge in [0.1, 0.15) is 5.70 Å². The molecule has 5 heteroatoms. The van der Waals surface area contributed by atoms with Crippen molar-refractivity contribution in [2.24, 2.45) is 0 Å². The molecule has 1 aliphatic carbocycles. The van der Waals surface area contributed by atoms with Crippen molar-refractivity contribution in [1.82, 2.24) is 10.3 Å². The van der Waals surface area contributed by atoms with Crippen LogP contribution in [0.2, 0.25) is 0 Å². The highest BCUT2D eigenvalue weighted by Gasteiger charge is 2.55. The van der Waals surface area contributed by atoms with E-state index in [0.717, 1.165) is 40.9 Å². The molecule has 3 aliphatic rings. The molecule has 0 bridgehead atoms. The lowest BCUT2D eigenvalue weighted by molar-refractivity contribution is -0.128. The summed E-state index contributed by atoms with van der Waals surface area (Å²) in [5.41, 5.74) is 16.3. The molecule has 6 rings (SSSR count). The predicted octanol–water partition coefficient (Wildman–Crippen LogP) is 4.35. The van der Waals surface area contributed by atoms with Gasteiger partial charge in [0.15, 0.2) is 0 Å². The van der Waals surface area contributed by atoms with Crippen molar-refractivity contribution in [2.75, 3.05) is 17.8 Å². The third kappa shape index (κ3) is 2.70. The normalized spacial score (nSPS) is 20.9. The molecule has 1 fully saturated rings. The van der Waals surface area contributed by atoms with Crippen LogP contribution in [-0.2, 0) is 10.3 Å². The van der Waals surface area contributed by atoms with Crippen molar-refractivity contribution in [2.45, 2.75) is 24.4 Å². The molecular formula is C26H24N4O. The molecule has 3 N–H and O–H groups in total. The summed E-state index contributed by atoms with van der Waals surface area (Å²) in [6.45, 7) is 0. The largest absolute Gasteiger partial charge is 0.399 e. The first-order valence-electron chi connectivity index (χ1n) is 10.7. The summed E-state index contributed by atoms with van der Waals surface area (Å²) in [5.74, 6) is 0.0636. The quantitative estimate of drug-likeness (QED) is 0.619. The second-order valence-corrected chi connectivity index (χ2v) is 8.65. The Balaban J connectivity index is 1.50. The number of carbonyl (C=O) groups excluding carboxylic acids is 1. The molecular weight excluding hydrogens is 384 g/mol. The van der Waals surface area contributed by atoms with Crippen LogP contribution >= 0.6 is 0 Å². The van der Waals surface area contributed by atoms with E-state index in [1.165, 1.54) is 5.56 Å². The summed E-state index contributed by atoms with van der Waals surface area (Å²) < 4.78 is 0. The average molecular weight is 409 g/mol. The molecule has 5 nitrogen and oxygen atoms in total. The molecule has 1 atom stereocenters. The van der Waals surface area contributed by atoms with E-state index in [1.54, 1.807) is 0 Å². The van der Waals surface area contributed by atoms with Crippen molar-refractivity contribution in [3.05, 3.63) is 95.7 Å². The lowest BCUT2D eigenvalue weighted by atomic mass is 9.96. The van der Waals surface area contributed by atoms with Crippen LogP contribution in [0.25, 0.3) is 11.1 Å². The lowest BCUT2D eigenvalue weighted by Gasteiger charge is -2.27. The van der Waals surface area contributed by atoms with Crippen molar-refractivity contribution in [3.63, 3.8) is 0 Å². The van der Waals surface area contributed by atoms with E-state index in [-0.39, 0.29) is 17.5 Å². The van der Waals surface area contributed by atoms with E-state index in [9.17, 15) is 4.79 Å². The highest BCUT2D eigenvalue weighted by molar-refractivity contribution is 6.00. The third-order valence-electron chi connectivity index (χ3n) is 6.87. The topological polar surface area (TPSA) is 61.6 Å². The number of carbonyl (C=O) groups is 1. The highest BCUT2D eigenvalue weighted by Crippen LogP contribution is 2.56.